The third-order valence-electron chi connectivity index (χ3n) is 3.81. The number of methoxy groups -OCH3 is 1. The van der Waals surface area contributed by atoms with Crippen LogP contribution in [0.15, 0.2) is 30.5 Å². The van der Waals surface area contributed by atoms with Crippen molar-refractivity contribution in [3.63, 3.8) is 0 Å². The predicted molar refractivity (Wildman–Crippen MR) is 96.8 cm³/mol. The molecule has 7 heteroatoms. The van der Waals surface area contributed by atoms with Gasteiger partial charge in [0.05, 0.1) is 12.7 Å². The number of esters is 1. The molecule has 0 aliphatic carbocycles. The molecule has 134 valence electrons. The van der Waals surface area contributed by atoms with E-state index in [1.54, 1.807) is 25.1 Å². The first-order chi connectivity index (χ1) is 11.8. The lowest BCUT2D eigenvalue weighted by Gasteiger charge is -2.15. The number of aromatic nitrogens is 2. The van der Waals surface area contributed by atoms with E-state index in [9.17, 15) is 9.59 Å². The highest BCUT2D eigenvalue weighted by molar-refractivity contribution is 5.98. The summed E-state index contributed by atoms with van der Waals surface area (Å²) in [6.45, 7) is 7.68. The number of hydrogen-bond acceptors (Lipinski definition) is 5. The van der Waals surface area contributed by atoms with Crippen LogP contribution in [-0.4, -0.2) is 34.8 Å². The van der Waals surface area contributed by atoms with E-state index in [0.717, 1.165) is 5.56 Å². The Labute approximate surface area is 147 Å². The van der Waals surface area contributed by atoms with Crippen LogP contribution in [0.4, 0.5) is 11.5 Å². The van der Waals surface area contributed by atoms with Crippen molar-refractivity contribution in [3.8, 4) is 0 Å². The number of hydrogen-bond donors (Lipinski definition) is 2. The molecule has 1 atom stereocenters. The third kappa shape index (κ3) is 4.59. The highest BCUT2D eigenvalue weighted by Gasteiger charge is 2.16. The van der Waals surface area contributed by atoms with E-state index in [2.05, 4.69) is 15.7 Å². The molecule has 2 N–H and O–H groups in total. The van der Waals surface area contributed by atoms with Gasteiger partial charge in [-0.25, -0.2) is 4.79 Å². The molecule has 25 heavy (non-hydrogen) atoms. The molecule has 7 nitrogen and oxygen atoms in total. The standard InChI is InChI=1S/C18H24N4O3/c1-11(2)22-9-8-16(21-22)19-13(4)17(23)20-15-10-14(18(24)25-5)7-6-12(15)3/h6-11,13H,1-5H3,(H,19,21)(H,20,23). The first kappa shape index (κ1) is 18.5. The first-order valence-corrected chi connectivity index (χ1v) is 8.13. The summed E-state index contributed by atoms with van der Waals surface area (Å²) >= 11 is 0. The van der Waals surface area contributed by atoms with Crippen LogP contribution in [0.1, 0.15) is 42.7 Å². The Morgan fingerprint density at radius 3 is 2.52 bits per heavy atom. The van der Waals surface area contributed by atoms with Gasteiger partial charge in [0, 0.05) is 24.0 Å². The molecule has 0 aliphatic heterocycles. The van der Waals surface area contributed by atoms with Gasteiger partial charge in [-0.15, -0.1) is 0 Å². The first-order valence-electron chi connectivity index (χ1n) is 8.13. The van der Waals surface area contributed by atoms with E-state index in [1.807, 2.05) is 37.7 Å². The summed E-state index contributed by atoms with van der Waals surface area (Å²) in [5, 5.41) is 10.3. The van der Waals surface area contributed by atoms with Gasteiger partial charge in [0.25, 0.3) is 0 Å². The number of nitrogens with one attached hydrogen (secondary N) is 2. The Balaban J connectivity index is 2.06. The summed E-state index contributed by atoms with van der Waals surface area (Å²) in [5.74, 6) is -0.0264. The molecule has 1 amide bonds. The van der Waals surface area contributed by atoms with E-state index < -0.39 is 12.0 Å². The molecule has 1 heterocycles. The quantitative estimate of drug-likeness (QED) is 0.787. The molecule has 0 bridgehead atoms. The van der Waals surface area contributed by atoms with Gasteiger partial charge in [0.15, 0.2) is 0 Å². The smallest absolute Gasteiger partial charge is 0.337 e. The number of aryl methyl sites for hydroxylation is 1. The number of anilines is 2. The second-order valence-corrected chi connectivity index (χ2v) is 6.15. The monoisotopic (exact) mass is 344 g/mol. The van der Waals surface area contributed by atoms with Crippen molar-refractivity contribution in [2.24, 2.45) is 0 Å². The van der Waals surface area contributed by atoms with Crippen LogP contribution in [-0.2, 0) is 9.53 Å². The maximum atomic E-state index is 12.4. The minimum absolute atomic E-state index is 0.218. The normalized spacial score (nSPS) is 11.9. The molecule has 2 aromatic rings. The molecule has 0 saturated heterocycles. The van der Waals surface area contributed by atoms with E-state index in [4.69, 9.17) is 4.74 Å². The van der Waals surface area contributed by atoms with Crippen LogP contribution >= 0.6 is 0 Å². The van der Waals surface area contributed by atoms with Crippen molar-refractivity contribution in [3.05, 3.63) is 41.6 Å². The average Bonchev–Trinajstić information content (AvgIpc) is 3.04. The Morgan fingerprint density at radius 1 is 1.20 bits per heavy atom. The van der Waals surface area contributed by atoms with Gasteiger partial charge in [0.1, 0.15) is 11.9 Å². The number of rotatable bonds is 6. The van der Waals surface area contributed by atoms with Gasteiger partial charge in [-0.1, -0.05) is 6.07 Å². The van der Waals surface area contributed by atoms with E-state index in [0.29, 0.717) is 17.1 Å². The predicted octanol–water partition coefficient (Wildman–Crippen LogP) is 3.00. The molecule has 1 aromatic carbocycles. The fourth-order valence-corrected chi connectivity index (χ4v) is 2.23. The van der Waals surface area contributed by atoms with Gasteiger partial charge in [-0.05, 0) is 45.4 Å². The zero-order chi connectivity index (χ0) is 18.6. The van der Waals surface area contributed by atoms with Crippen LogP contribution in [0.5, 0.6) is 0 Å². The fourth-order valence-electron chi connectivity index (χ4n) is 2.23. The summed E-state index contributed by atoms with van der Waals surface area (Å²) < 4.78 is 6.53. The largest absolute Gasteiger partial charge is 0.465 e. The van der Waals surface area contributed by atoms with Gasteiger partial charge in [-0.2, -0.15) is 5.10 Å². The molecule has 0 fully saturated rings. The number of amides is 1. The third-order valence-corrected chi connectivity index (χ3v) is 3.81. The van der Waals surface area contributed by atoms with Gasteiger partial charge in [-0.3, -0.25) is 9.48 Å². The van der Waals surface area contributed by atoms with Crippen LogP contribution in [0.25, 0.3) is 0 Å². The topological polar surface area (TPSA) is 85.2 Å². The highest BCUT2D eigenvalue weighted by atomic mass is 16.5. The Kier molecular flexibility index (Phi) is 5.80. The van der Waals surface area contributed by atoms with E-state index in [-0.39, 0.29) is 11.9 Å². The number of benzene rings is 1. The van der Waals surface area contributed by atoms with Gasteiger partial charge in [0.2, 0.25) is 5.91 Å². The molecular weight excluding hydrogens is 320 g/mol. The zero-order valence-corrected chi connectivity index (χ0v) is 15.2. The highest BCUT2D eigenvalue weighted by Crippen LogP contribution is 2.18. The number of carbonyl (C=O) groups excluding carboxylic acids is 2. The van der Waals surface area contributed by atoms with Gasteiger partial charge >= 0.3 is 5.97 Å². The van der Waals surface area contributed by atoms with E-state index >= 15 is 0 Å². The Hall–Kier alpha value is -2.83. The lowest BCUT2D eigenvalue weighted by atomic mass is 10.1. The maximum absolute atomic E-state index is 12.4. The number of carbonyl (C=O) groups is 2. The van der Waals surface area contributed by atoms with Gasteiger partial charge < -0.3 is 15.4 Å². The van der Waals surface area contributed by atoms with Crippen molar-refractivity contribution < 1.29 is 14.3 Å². The summed E-state index contributed by atoms with van der Waals surface area (Å²) in [6, 6.07) is 6.63. The second-order valence-electron chi connectivity index (χ2n) is 6.15. The van der Waals surface area contributed by atoms with Crippen LogP contribution < -0.4 is 10.6 Å². The Bertz CT molecular complexity index is 767. The SMILES string of the molecule is COC(=O)c1ccc(C)c(NC(=O)C(C)Nc2ccn(C(C)C)n2)c1. The molecular formula is C18H24N4O3. The minimum Gasteiger partial charge on any atom is -0.465 e. The molecule has 0 aliphatic rings. The van der Waals surface area contributed by atoms with Crippen molar-refractivity contribution in [2.45, 2.75) is 39.8 Å². The number of ether oxygens (including phenoxy) is 1. The molecule has 2 rings (SSSR count). The summed E-state index contributed by atoms with van der Waals surface area (Å²) in [4.78, 5) is 24.1. The molecule has 0 saturated carbocycles. The average molecular weight is 344 g/mol. The van der Waals surface area contributed by atoms with E-state index in [1.165, 1.54) is 7.11 Å². The lowest BCUT2D eigenvalue weighted by Crippen LogP contribution is -2.32. The zero-order valence-electron chi connectivity index (χ0n) is 15.2. The Morgan fingerprint density at radius 2 is 1.92 bits per heavy atom. The van der Waals surface area contributed by atoms with Crippen molar-refractivity contribution in [1.82, 2.24) is 9.78 Å². The second kappa shape index (κ2) is 7.83. The lowest BCUT2D eigenvalue weighted by molar-refractivity contribution is -0.116. The molecule has 1 aromatic heterocycles. The van der Waals surface area contributed by atoms with Crippen LogP contribution in [0.2, 0.25) is 0 Å². The van der Waals surface area contributed by atoms with Crippen LogP contribution in [0.3, 0.4) is 0 Å². The summed E-state index contributed by atoms with van der Waals surface area (Å²) in [6.07, 6.45) is 1.86. The minimum atomic E-state index is -0.489. The summed E-state index contributed by atoms with van der Waals surface area (Å²) in [5.41, 5.74) is 1.83. The molecule has 0 spiro atoms. The summed E-state index contributed by atoms with van der Waals surface area (Å²) in [7, 11) is 1.32. The molecule has 1 unspecified atom stereocenters. The van der Waals surface area contributed by atoms with Crippen LogP contribution in [0, 0.1) is 6.92 Å². The fraction of sp³-hybridized carbons (Fsp3) is 0.389. The molecule has 0 radical (unpaired) electrons. The van der Waals surface area contributed by atoms with Crippen molar-refractivity contribution in [2.75, 3.05) is 17.7 Å². The van der Waals surface area contributed by atoms with Crippen molar-refractivity contribution in [1.29, 1.82) is 0 Å². The van der Waals surface area contributed by atoms with Crippen molar-refractivity contribution >= 4 is 23.4 Å². The number of nitrogens with zero attached hydrogens (tertiary/aromatic N) is 2. The maximum Gasteiger partial charge on any atom is 0.337 e.